The first-order valence-corrected chi connectivity index (χ1v) is 7.21. The fourth-order valence-electron chi connectivity index (χ4n) is 2.47. The zero-order valence-corrected chi connectivity index (χ0v) is 13.4. The second kappa shape index (κ2) is 7.09. The van der Waals surface area contributed by atoms with E-state index in [9.17, 15) is 4.79 Å². The second-order valence-corrected chi connectivity index (χ2v) is 5.28. The summed E-state index contributed by atoms with van der Waals surface area (Å²) in [6.45, 7) is 6.17. The van der Waals surface area contributed by atoms with Crippen LogP contribution in [0.4, 0.5) is 4.79 Å². The summed E-state index contributed by atoms with van der Waals surface area (Å²) in [5, 5.41) is 7.20. The summed E-state index contributed by atoms with van der Waals surface area (Å²) in [5.74, 6) is 0. The van der Waals surface area contributed by atoms with Crippen LogP contribution in [0.15, 0.2) is 30.3 Å². The van der Waals surface area contributed by atoms with Crippen molar-refractivity contribution in [3.8, 4) is 0 Å². The van der Waals surface area contributed by atoms with E-state index in [-0.39, 0.29) is 12.1 Å². The molecule has 2 aromatic rings. The molecule has 0 aliphatic carbocycles. The fraction of sp³-hybridized carbons (Fsp3) is 0.375. The lowest BCUT2D eigenvalue weighted by atomic mass is 10.1. The topological polar surface area (TPSA) is 68.2 Å². The van der Waals surface area contributed by atoms with Gasteiger partial charge in [0.2, 0.25) is 0 Å². The Morgan fingerprint density at radius 3 is 2.59 bits per heavy atom. The van der Waals surface area contributed by atoms with Crippen LogP contribution in [-0.2, 0) is 18.5 Å². The monoisotopic (exact) mass is 302 g/mol. The van der Waals surface area contributed by atoms with Crippen molar-refractivity contribution < 1.29 is 9.63 Å². The summed E-state index contributed by atoms with van der Waals surface area (Å²) in [4.78, 5) is 17.1. The van der Waals surface area contributed by atoms with Crippen LogP contribution >= 0.6 is 0 Å². The highest BCUT2D eigenvalue weighted by atomic mass is 16.7. The van der Waals surface area contributed by atoms with Crippen LogP contribution in [0, 0.1) is 13.8 Å². The molecule has 0 saturated carbocycles. The van der Waals surface area contributed by atoms with Gasteiger partial charge < -0.3 is 5.32 Å². The van der Waals surface area contributed by atoms with Crippen LogP contribution in [-0.4, -0.2) is 15.8 Å². The van der Waals surface area contributed by atoms with Crippen molar-refractivity contribution in [2.45, 2.75) is 33.4 Å². The number of hydrogen-bond donors (Lipinski definition) is 2. The molecule has 1 unspecified atom stereocenters. The smallest absolute Gasteiger partial charge is 0.330 e. The van der Waals surface area contributed by atoms with Gasteiger partial charge in [-0.05, 0) is 26.3 Å². The molecule has 0 fully saturated rings. The van der Waals surface area contributed by atoms with Crippen LogP contribution in [0.1, 0.15) is 35.5 Å². The molecule has 1 heterocycles. The Balaban J connectivity index is 1.84. The number of aryl methyl sites for hydroxylation is 2. The summed E-state index contributed by atoms with van der Waals surface area (Å²) in [6, 6.07) is 9.14. The zero-order chi connectivity index (χ0) is 16.1. The Labute approximate surface area is 130 Å². The zero-order valence-electron chi connectivity index (χ0n) is 13.4. The molecule has 1 aromatic heterocycles. The van der Waals surface area contributed by atoms with Crippen LogP contribution in [0.2, 0.25) is 0 Å². The largest absolute Gasteiger partial charge is 0.339 e. The first kappa shape index (κ1) is 16.0. The van der Waals surface area contributed by atoms with Crippen molar-refractivity contribution in [3.63, 3.8) is 0 Å². The van der Waals surface area contributed by atoms with E-state index in [0.717, 1.165) is 22.5 Å². The van der Waals surface area contributed by atoms with E-state index < -0.39 is 0 Å². The van der Waals surface area contributed by atoms with E-state index in [1.807, 2.05) is 62.8 Å². The van der Waals surface area contributed by atoms with Crippen LogP contribution in [0.5, 0.6) is 0 Å². The maximum absolute atomic E-state index is 11.9. The van der Waals surface area contributed by atoms with Crippen LogP contribution in [0.25, 0.3) is 0 Å². The van der Waals surface area contributed by atoms with Gasteiger partial charge in [0, 0.05) is 18.3 Å². The highest BCUT2D eigenvalue weighted by Crippen LogP contribution is 2.20. The Morgan fingerprint density at radius 2 is 2.00 bits per heavy atom. The van der Waals surface area contributed by atoms with Crippen LogP contribution in [0.3, 0.4) is 0 Å². The lowest BCUT2D eigenvalue weighted by molar-refractivity contribution is 0.0483. The predicted molar refractivity (Wildman–Crippen MR) is 84.0 cm³/mol. The van der Waals surface area contributed by atoms with E-state index in [2.05, 4.69) is 15.9 Å². The first-order valence-electron chi connectivity index (χ1n) is 7.21. The van der Waals surface area contributed by atoms with Gasteiger partial charge in [0.05, 0.1) is 18.3 Å². The van der Waals surface area contributed by atoms with Gasteiger partial charge in [-0.1, -0.05) is 30.3 Å². The number of nitrogens with one attached hydrogen (secondary N) is 2. The molecule has 2 amide bonds. The Hall–Kier alpha value is -2.34. The van der Waals surface area contributed by atoms with Gasteiger partial charge in [0.1, 0.15) is 0 Å². The molecule has 2 rings (SSSR count). The highest BCUT2D eigenvalue weighted by molar-refractivity contribution is 5.73. The van der Waals surface area contributed by atoms with Gasteiger partial charge in [-0.15, -0.1) is 0 Å². The molecular formula is C16H22N4O2. The quantitative estimate of drug-likeness (QED) is 0.834. The number of carbonyl (C=O) groups is 1. The van der Waals surface area contributed by atoms with E-state index in [0.29, 0.717) is 6.61 Å². The molecule has 0 saturated heterocycles. The Bertz CT molecular complexity index is 637. The van der Waals surface area contributed by atoms with Gasteiger partial charge in [0.15, 0.2) is 0 Å². The van der Waals surface area contributed by atoms with Crippen molar-refractivity contribution in [2.75, 3.05) is 0 Å². The third-order valence-corrected chi connectivity index (χ3v) is 3.59. The van der Waals surface area contributed by atoms with Crippen molar-refractivity contribution in [3.05, 3.63) is 52.8 Å². The number of amides is 2. The van der Waals surface area contributed by atoms with E-state index in [1.54, 1.807) is 0 Å². The average molecular weight is 302 g/mol. The summed E-state index contributed by atoms with van der Waals surface area (Å²) in [7, 11) is 1.89. The maximum atomic E-state index is 11.9. The second-order valence-electron chi connectivity index (χ2n) is 5.28. The number of aromatic nitrogens is 2. The molecule has 1 aromatic carbocycles. The van der Waals surface area contributed by atoms with E-state index >= 15 is 0 Å². The molecule has 0 radical (unpaired) electrons. The molecule has 0 aliphatic rings. The Morgan fingerprint density at radius 1 is 1.32 bits per heavy atom. The normalized spacial score (nSPS) is 12.0. The van der Waals surface area contributed by atoms with Crippen molar-refractivity contribution >= 4 is 6.03 Å². The van der Waals surface area contributed by atoms with Gasteiger partial charge in [-0.3, -0.25) is 9.52 Å². The van der Waals surface area contributed by atoms with Crippen molar-refractivity contribution in [1.29, 1.82) is 0 Å². The minimum atomic E-state index is -0.369. The molecule has 0 spiro atoms. The molecule has 22 heavy (non-hydrogen) atoms. The Kier molecular flexibility index (Phi) is 5.16. The molecule has 1 atom stereocenters. The lowest BCUT2D eigenvalue weighted by Gasteiger charge is -2.15. The van der Waals surface area contributed by atoms with E-state index in [1.165, 1.54) is 0 Å². The molecule has 0 aliphatic heterocycles. The van der Waals surface area contributed by atoms with Crippen molar-refractivity contribution in [1.82, 2.24) is 20.6 Å². The molecule has 118 valence electrons. The predicted octanol–water partition coefficient (Wildman–Crippen LogP) is 2.53. The summed E-state index contributed by atoms with van der Waals surface area (Å²) >= 11 is 0. The minimum absolute atomic E-state index is 0.144. The standard InChI is InChI=1S/C16H22N4O2/c1-11(15-12(2)18-20(4)13(15)3)17-16(21)19-22-10-14-8-6-5-7-9-14/h5-9,11H,10H2,1-4H3,(H2,17,19,21). The number of benzene rings is 1. The highest BCUT2D eigenvalue weighted by Gasteiger charge is 2.17. The minimum Gasteiger partial charge on any atom is -0.330 e. The number of urea groups is 1. The molecular weight excluding hydrogens is 280 g/mol. The molecule has 2 N–H and O–H groups in total. The van der Waals surface area contributed by atoms with Crippen molar-refractivity contribution in [2.24, 2.45) is 7.05 Å². The third-order valence-electron chi connectivity index (χ3n) is 3.59. The van der Waals surface area contributed by atoms with Crippen LogP contribution < -0.4 is 10.8 Å². The number of nitrogens with zero attached hydrogens (tertiary/aromatic N) is 2. The summed E-state index contributed by atoms with van der Waals surface area (Å²) in [5.41, 5.74) is 6.38. The van der Waals surface area contributed by atoms with Gasteiger partial charge in [0.25, 0.3) is 0 Å². The molecule has 6 nitrogen and oxygen atoms in total. The molecule has 6 heteroatoms. The number of hydrogen-bond acceptors (Lipinski definition) is 3. The fourth-order valence-corrected chi connectivity index (χ4v) is 2.47. The number of rotatable bonds is 5. The first-order chi connectivity index (χ1) is 10.5. The maximum Gasteiger partial charge on any atom is 0.339 e. The van der Waals surface area contributed by atoms with Gasteiger partial charge in [-0.2, -0.15) is 5.10 Å². The summed E-state index contributed by atoms with van der Waals surface area (Å²) in [6.07, 6.45) is 0. The SMILES string of the molecule is Cc1nn(C)c(C)c1C(C)NC(=O)NOCc1ccccc1. The van der Waals surface area contributed by atoms with E-state index in [4.69, 9.17) is 4.84 Å². The number of carbonyl (C=O) groups excluding carboxylic acids is 1. The average Bonchev–Trinajstić information content (AvgIpc) is 2.73. The lowest BCUT2D eigenvalue weighted by Crippen LogP contribution is -2.37. The molecule has 0 bridgehead atoms. The summed E-state index contributed by atoms with van der Waals surface area (Å²) < 4.78 is 1.81. The third kappa shape index (κ3) is 3.85. The van der Waals surface area contributed by atoms with Gasteiger partial charge >= 0.3 is 6.03 Å². The number of hydroxylamine groups is 1. The van der Waals surface area contributed by atoms with Gasteiger partial charge in [-0.25, -0.2) is 10.3 Å².